The first-order chi connectivity index (χ1) is 18.0. The molecule has 2 unspecified atom stereocenters. The van der Waals surface area contributed by atoms with Crippen LogP contribution in [0, 0.1) is 6.92 Å². The van der Waals surface area contributed by atoms with Crippen LogP contribution in [0.4, 0.5) is 10.5 Å². The Balaban J connectivity index is 2.46. The number of anilines is 1. The zero-order valence-electron chi connectivity index (χ0n) is 22.9. The highest BCUT2D eigenvalue weighted by Gasteiger charge is 2.36. The van der Waals surface area contributed by atoms with E-state index in [0.29, 0.717) is 29.2 Å². The van der Waals surface area contributed by atoms with E-state index in [0.717, 1.165) is 5.56 Å². The molecule has 0 aromatic heterocycles. The number of aliphatic hydroxyl groups excluding tert-OH is 1. The second-order valence-electron chi connectivity index (χ2n) is 9.77. The smallest absolute Gasteiger partial charge is 0.408 e. The molecule has 0 aliphatic carbocycles. The first kappa shape index (κ1) is 31.0. The van der Waals surface area contributed by atoms with Gasteiger partial charge in [-0.1, -0.05) is 29.8 Å². The number of aliphatic hydroxyl groups is 1. The van der Waals surface area contributed by atoms with Crippen molar-refractivity contribution in [3.8, 4) is 5.75 Å². The van der Waals surface area contributed by atoms with Gasteiger partial charge in [0.15, 0.2) is 0 Å². The molecule has 3 N–H and O–H groups in total. The maximum Gasteiger partial charge on any atom is 0.408 e. The molecule has 0 aliphatic rings. The number of hydrogen-bond donors (Lipinski definition) is 3. The van der Waals surface area contributed by atoms with Crippen molar-refractivity contribution < 1.29 is 29.0 Å². The number of amides is 3. The third-order valence-electron chi connectivity index (χ3n) is 5.50. The van der Waals surface area contributed by atoms with Crippen LogP contribution < -0.4 is 15.4 Å². The highest BCUT2D eigenvalue weighted by molar-refractivity contribution is 7.98. The second kappa shape index (κ2) is 14.6. The van der Waals surface area contributed by atoms with Crippen LogP contribution in [0.1, 0.15) is 44.4 Å². The van der Waals surface area contributed by atoms with Gasteiger partial charge in [-0.3, -0.25) is 9.59 Å². The Bertz CT molecular complexity index is 1070. The molecule has 3 amide bonds. The second-order valence-corrected chi connectivity index (χ2v) is 10.8. The highest BCUT2D eigenvalue weighted by atomic mass is 32.2. The number of benzene rings is 2. The number of aryl methyl sites for hydroxylation is 1. The lowest BCUT2D eigenvalue weighted by molar-refractivity contribution is -0.141. The maximum absolute atomic E-state index is 13.9. The summed E-state index contributed by atoms with van der Waals surface area (Å²) in [6.07, 6.45) is 1.50. The standard InChI is InChI=1S/C28H39N3O6S/c1-19-8-7-9-20(18-19)24(25(33)29-21-10-12-22(36-5)13-11-21)31(15-16-32)26(34)23(14-17-38-6)30-27(35)37-28(2,3)4/h7-13,18,23-24,32H,14-17H2,1-6H3,(H,29,33)(H,30,35). The minimum atomic E-state index is -1.06. The molecule has 2 atom stereocenters. The lowest BCUT2D eigenvalue weighted by Crippen LogP contribution is -2.53. The zero-order valence-corrected chi connectivity index (χ0v) is 23.8. The number of nitrogens with zero attached hydrogens (tertiary/aromatic N) is 1. The molecule has 0 aliphatic heterocycles. The molecule has 0 fully saturated rings. The van der Waals surface area contributed by atoms with Gasteiger partial charge < -0.3 is 30.1 Å². The fourth-order valence-electron chi connectivity index (χ4n) is 3.82. The molecule has 208 valence electrons. The maximum atomic E-state index is 13.9. The molecule has 0 saturated carbocycles. The van der Waals surface area contributed by atoms with Crippen molar-refractivity contribution >= 4 is 35.4 Å². The molecule has 2 aromatic carbocycles. The van der Waals surface area contributed by atoms with Crippen LogP contribution in [-0.4, -0.2) is 71.8 Å². The van der Waals surface area contributed by atoms with Crippen molar-refractivity contribution in [3.05, 3.63) is 59.7 Å². The van der Waals surface area contributed by atoms with Gasteiger partial charge in [-0.25, -0.2) is 4.79 Å². The van der Waals surface area contributed by atoms with Crippen LogP contribution in [0.2, 0.25) is 0 Å². The number of hydrogen-bond acceptors (Lipinski definition) is 7. The van der Waals surface area contributed by atoms with Crippen molar-refractivity contribution in [2.45, 2.75) is 51.8 Å². The summed E-state index contributed by atoms with van der Waals surface area (Å²) < 4.78 is 10.6. The van der Waals surface area contributed by atoms with Crippen molar-refractivity contribution in [2.24, 2.45) is 0 Å². The summed E-state index contributed by atoms with van der Waals surface area (Å²) in [5.41, 5.74) is 1.27. The molecule has 2 rings (SSSR count). The number of nitrogens with one attached hydrogen (secondary N) is 2. The lowest BCUT2D eigenvalue weighted by atomic mass is 10.0. The van der Waals surface area contributed by atoms with Crippen molar-refractivity contribution in [2.75, 3.05) is 37.6 Å². The van der Waals surface area contributed by atoms with E-state index in [-0.39, 0.29) is 13.2 Å². The number of carbonyl (C=O) groups excluding carboxylic acids is 3. The van der Waals surface area contributed by atoms with Crippen LogP contribution in [0.3, 0.4) is 0 Å². The molecular formula is C28H39N3O6S. The third-order valence-corrected chi connectivity index (χ3v) is 6.14. The molecule has 9 nitrogen and oxygen atoms in total. The Morgan fingerprint density at radius 2 is 1.79 bits per heavy atom. The van der Waals surface area contributed by atoms with E-state index >= 15 is 0 Å². The van der Waals surface area contributed by atoms with E-state index < -0.39 is 35.6 Å². The number of thioether (sulfide) groups is 1. The van der Waals surface area contributed by atoms with Gasteiger partial charge in [0.1, 0.15) is 23.4 Å². The van der Waals surface area contributed by atoms with E-state index in [1.165, 1.54) is 16.7 Å². The van der Waals surface area contributed by atoms with Gasteiger partial charge in [0, 0.05) is 12.2 Å². The molecule has 2 aromatic rings. The van der Waals surface area contributed by atoms with E-state index in [4.69, 9.17) is 9.47 Å². The van der Waals surface area contributed by atoms with E-state index in [1.807, 2.05) is 31.4 Å². The highest BCUT2D eigenvalue weighted by Crippen LogP contribution is 2.26. The minimum absolute atomic E-state index is 0.112. The average Bonchev–Trinajstić information content (AvgIpc) is 2.85. The molecule has 0 saturated heterocycles. The van der Waals surface area contributed by atoms with E-state index in [1.54, 1.807) is 58.2 Å². The van der Waals surface area contributed by atoms with E-state index in [9.17, 15) is 19.5 Å². The molecule has 0 radical (unpaired) electrons. The Labute approximate surface area is 229 Å². The summed E-state index contributed by atoms with van der Waals surface area (Å²) in [6.45, 7) is 6.62. The number of ether oxygens (including phenoxy) is 2. The first-order valence-electron chi connectivity index (χ1n) is 12.4. The van der Waals surface area contributed by atoms with Crippen LogP contribution in [-0.2, 0) is 14.3 Å². The number of carbonyl (C=O) groups is 3. The normalized spacial score (nSPS) is 12.7. The van der Waals surface area contributed by atoms with Crippen LogP contribution in [0.15, 0.2) is 48.5 Å². The number of methoxy groups -OCH3 is 1. The molecule has 0 heterocycles. The van der Waals surface area contributed by atoms with Gasteiger partial charge in [-0.05, 0) is 76.0 Å². The summed E-state index contributed by atoms with van der Waals surface area (Å²) in [4.78, 5) is 41.5. The van der Waals surface area contributed by atoms with Gasteiger partial charge in [0.25, 0.3) is 5.91 Å². The average molecular weight is 546 g/mol. The van der Waals surface area contributed by atoms with Crippen LogP contribution >= 0.6 is 11.8 Å². The quantitative estimate of drug-likeness (QED) is 0.367. The van der Waals surface area contributed by atoms with Gasteiger partial charge in [-0.15, -0.1) is 0 Å². The predicted octanol–water partition coefficient (Wildman–Crippen LogP) is 4.15. The van der Waals surface area contributed by atoms with Gasteiger partial charge in [0.2, 0.25) is 5.91 Å². The Kier molecular flexibility index (Phi) is 11.9. The predicted molar refractivity (Wildman–Crippen MR) is 150 cm³/mol. The molecule has 10 heteroatoms. The topological polar surface area (TPSA) is 117 Å². The molecule has 0 bridgehead atoms. The minimum Gasteiger partial charge on any atom is -0.497 e. The largest absolute Gasteiger partial charge is 0.497 e. The SMILES string of the molecule is COc1ccc(NC(=O)C(c2cccc(C)c2)N(CCO)C(=O)C(CCSC)NC(=O)OC(C)(C)C)cc1. The summed E-state index contributed by atoms with van der Waals surface area (Å²) in [6, 6.07) is 12.1. The summed E-state index contributed by atoms with van der Waals surface area (Å²) in [5.74, 6) is 0.283. The molecule has 0 spiro atoms. The lowest BCUT2D eigenvalue weighted by Gasteiger charge is -2.34. The number of rotatable bonds is 12. The Hall–Kier alpha value is -3.24. The Morgan fingerprint density at radius 3 is 2.34 bits per heavy atom. The molecular weight excluding hydrogens is 506 g/mol. The molecule has 38 heavy (non-hydrogen) atoms. The fourth-order valence-corrected chi connectivity index (χ4v) is 4.29. The summed E-state index contributed by atoms with van der Waals surface area (Å²) in [7, 11) is 1.55. The third kappa shape index (κ3) is 9.57. The van der Waals surface area contributed by atoms with Crippen LogP contribution in [0.5, 0.6) is 5.75 Å². The zero-order chi connectivity index (χ0) is 28.3. The van der Waals surface area contributed by atoms with Gasteiger partial charge in [0.05, 0.1) is 13.7 Å². The Morgan fingerprint density at radius 1 is 1.11 bits per heavy atom. The van der Waals surface area contributed by atoms with E-state index in [2.05, 4.69) is 10.6 Å². The van der Waals surface area contributed by atoms with Crippen LogP contribution in [0.25, 0.3) is 0 Å². The number of alkyl carbamates (subject to hydrolysis) is 1. The van der Waals surface area contributed by atoms with Gasteiger partial charge >= 0.3 is 6.09 Å². The van der Waals surface area contributed by atoms with Gasteiger partial charge in [-0.2, -0.15) is 11.8 Å². The van der Waals surface area contributed by atoms with Crippen molar-refractivity contribution in [1.82, 2.24) is 10.2 Å². The van der Waals surface area contributed by atoms with Crippen molar-refractivity contribution in [3.63, 3.8) is 0 Å². The monoisotopic (exact) mass is 545 g/mol. The fraction of sp³-hybridized carbons (Fsp3) is 0.464. The summed E-state index contributed by atoms with van der Waals surface area (Å²) in [5, 5.41) is 15.4. The first-order valence-corrected chi connectivity index (χ1v) is 13.8. The summed E-state index contributed by atoms with van der Waals surface area (Å²) >= 11 is 1.53. The van der Waals surface area contributed by atoms with Crippen molar-refractivity contribution in [1.29, 1.82) is 0 Å².